The second-order valence-electron chi connectivity index (χ2n) is 10.4. The minimum Gasteiger partial charge on any atom is -0.370 e. The van der Waals surface area contributed by atoms with Crippen LogP contribution in [0.1, 0.15) is 63.4 Å². The number of hydrogen-bond acceptors (Lipinski definition) is 6. The first-order valence-corrected chi connectivity index (χ1v) is 12.5. The first-order chi connectivity index (χ1) is 18.1. The van der Waals surface area contributed by atoms with E-state index in [9.17, 15) is 13.6 Å². The summed E-state index contributed by atoms with van der Waals surface area (Å²) >= 11 is 0. The molecule has 196 valence electrons. The van der Waals surface area contributed by atoms with E-state index in [1.54, 1.807) is 29.3 Å². The highest BCUT2D eigenvalue weighted by molar-refractivity contribution is 5.73. The van der Waals surface area contributed by atoms with Crippen LogP contribution < -0.4 is 5.73 Å². The molecule has 2 N–H and O–H groups in total. The van der Waals surface area contributed by atoms with Gasteiger partial charge in [0.05, 0.1) is 39.8 Å². The molecule has 10 heteroatoms. The van der Waals surface area contributed by atoms with Gasteiger partial charge in [0.15, 0.2) is 5.82 Å². The molecular weight excluding hydrogens is 488 g/mol. The van der Waals surface area contributed by atoms with E-state index in [-0.39, 0.29) is 29.0 Å². The maximum atomic E-state index is 14.6. The van der Waals surface area contributed by atoms with Gasteiger partial charge in [-0.3, -0.25) is 9.48 Å². The maximum Gasteiger partial charge on any atom is 0.219 e. The summed E-state index contributed by atoms with van der Waals surface area (Å²) in [5, 5.41) is 13.2. The molecule has 1 amide bonds. The van der Waals surface area contributed by atoms with Crippen LogP contribution in [0.2, 0.25) is 0 Å². The van der Waals surface area contributed by atoms with Crippen LogP contribution in [0.25, 0.3) is 22.6 Å². The lowest BCUT2D eigenvalue weighted by Crippen LogP contribution is -2.40. The van der Waals surface area contributed by atoms with Gasteiger partial charge >= 0.3 is 0 Å². The molecule has 0 spiro atoms. The molecule has 38 heavy (non-hydrogen) atoms. The Morgan fingerprint density at radius 2 is 1.87 bits per heavy atom. The van der Waals surface area contributed by atoms with Crippen LogP contribution in [0.5, 0.6) is 0 Å². The van der Waals surface area contributed by atoms with E-state index in [0.717, 1.165) is 23.4 Å². The smallest absolute Gasteiger partial charge is 0.219 e. The maximum absolute atomic E-state index is 14.6. The Hall–Kier alpha value is -4.08. The summed E-state index contributed by atoms with van der Waals surface area (Å²) in [6.45, 7) is 8.87. The number of aryl methyl sites for hydroxylation is 1. The average molecular weight is 518 g/mol. The van der Waals surface area contributed by atoms with Gasteiger partial charge in [-0.15, -0.1) is 5.10 Å². The summed E-state index contributed by atoms with van der Waals surface area (Å²) in [7, 11) is 0. The zero-order chi connectivity index (χ0) is 27.2. The zero-order valence-corrected chi connectivity index (χ0v) is 21.7. The Morgan fingerprint density at radius 1 is 1.13 bits per heavy atom. The van der Waals surface area contributed by atoms with E-state index in [2.05, 4.69) is 48.0 Å². The third-order valence-corrected chi connectivity index (χ3v) is 8.11. The second kappa shape index (κ2) is 9.34. The Morgan fingerprint density at radius 3 is 2.55 bits per heavy atom. The van der Waals surface area contributed by atoms with Crippen LogP contribution in [-0.2, 0) is 16.8 Å². The molecule has 8 nitrogen and oxygen atoms in total. The lowest BCUT2D eigenvalue weighted by atomic mass is 9.62. The molecule has 2 atom stereocenters. The Balaban J connectivity index is 1.60. The first kappa shape index (κ1) is 25.6. The van der Waals surface area contributed by atoms with Crippen LogP contribution >= 0.6 is 0 Å². The molecule has 1 aromatic carbocycles. The molecule has 4 aromatic rings. The highest BCUT2D eigenvalue weighted by Gasteiger charge is 2.57. The predicted octanol–water partition coefficient (Wildman–Crippen LogP) is 4.79. The van der Waals surface area contributed by atoms with Crippen molar-refractivity contribution in [2.24, 2.45) is 11.1 Å². The number of rotatable bonds is 7. The normalized spacial score (nSPS) is 19.9. The van der Waals surface area contributed by atoms with Gasteiger partial charge < -0.3 is 5.73 Å². The van der Waals surface area contributed by atoms with Crippen molar-refractivity contribution < 1.29 is 13.6 Å². The molecular formula is C28H29F2N7O. The molecule has 0 aliphatic heterocycles. The molecule has 0 bridgehead atoms. The van der Waals surface area contributed by atoms with E-state index in [1.165, 1.54) is 18.2 Å². The van der Waals surface area contributed by atoms with Crippen LogP contribution in [0.4, 0.5) is 8.78 Å². The minimum atomic E-state index is -0.677. The van der Waals surface area contributed by atoms with Crippen LogP contribution in [0.3, 0.4) is 0 Å². The van der Waals surface area contributed by atoms with Crippen molar-refractivity contribution >= 4 is 5.91 Å². The van der Waals surface area contributed by atoms with Crippen LogP contribution in [0, 0.1) is 17.0 Å². The third kappa shape index (κ3) is 3.95. The molecule has 5 rings (SSSR count). The summed E-state index contributed by atoms with van der Waals surface area (Å²) < 4.78 is 30.8. The predicted molar refractivity (Wildman–Crippen MR) is 138 cm³/mol. The Labute approximate surface area is 219 Å². The lowest BCUT2D eigenvalue weighted by molar-refractivity contribution is -0.118. The van der Waals surface area contributed by atoms with Crippen molar-refractivity contribution in [3.05, 3.63) is 77.5 Å². The largest absolute Gasteiger partial charge is 0.370 e. The van der Waals surface area contributed by atoms with Crippen LogP contribution in [0.15, 0.2) is 48.9 Å². The van der Waals surface area contributed by atoms with Gasteiger partial charge in [0.1, 0.15) is 11.6 Å². The number of nitrogens with zero attached hydrogens (tertiary/aromatic N) is 6. The van der Waals surface area contributed by atoms with Crippen molar-refractivity contribution in [2.75, 3.05) is 0 Å². The molecule has 0 radical (unpaired) electrons. The number of aromatic nitrogens is 6. The van der Waals surface area contributed by atoms with E-state index in [1.807, 2.05) is 6.07 Å². The number of halogens is 2. The highest BCUT2D eigenvalue weighted by Crippen LogP contribution is 2.61. The molecule has 0 saturated carbocycles. The fourth-order valence-electron chi connectivity index (χ4n) is 5.75. The highest BCUT2D eigenvalue weighted by atomic mass is 19.1. The van der Waals surface area contributed by atoms with Gasteiger partial charge in [0.25, 0.3) is 0 Å². The average Bonchev–Trinajstić information content (AvgIpc) is 3.42. The van der Waals surface area contributed by atoms with E-state index in [0.29, 0.717) is 17.9 Å². The van der Waals surface area contributed by atoms with Gasteiger partial charge in [-0.25, -0.2) is 18.7 Å². The molecule has 0 fully saturated rings. The van der Waals surface area contributed by atoms with Gasteiger partial charge in [-0.05, 0) is 54.5 Å². The number of benzene rings is 1. The Bertz CT molecular complexity index is 1510. The second-order valence-corrected chi connectivity index (χ2v) is 10.4. The number of primary amides is 1. The van der Waals surface area contributed by atoms with Crippen molar-refractivity contribution in [1.82, 2.24) is 29.9 Å². The fraction of sp³-hybridized carbons (Fsp3) is 0.357. The summed E-state index contributed by atoms with van der Waals surface area (Å²) in [5.74, 6) is -1.22. The summed E-state index contributed by atoms with van der Waals surface area (Å²) in [6.07, 6.45) is 6.11. The molecule has 3 aromatic heterocycles. The SMILES string of the molecule is CC[C@H]1c2cc(-c3c(F)cccc3F)nnc2[C@](C)(c2ccnc(-c3cnn(CCC(N)=O)c3)n2)C1(C)C. The molecule has 1 aliphatic rings. The summed E-state index contributed by atoms with van der Waals surface area (Å²) in [6, 6.07) is 7.42. The van der Waals surface area contributed by atoms with Crippen LogP contribution in [-0.4, -0.2) is 35.9 Å². The van der Waals surface area contributed by atoms with Gasteiger partial charge in [0, 0.05) is 25.4 Å². The number of carbonyl (C=O) groups is 1. The standard InChI is InChI=1S/C28H29F2N7O/c1-5-18-17-13-21(24-19(29)7-6-8-20(24)30)35-36-25(17)28(4,27(18,2)3)22-9-11-32-26(34-22)16-14-33-37(15-16)12-10-23(31)38/h6-9,11,13-15,18H,5,10,12H2,1-4H3,(H2,31,38)/t18-,28-/m0/s1. The van der Waals surface area contributed by atoms with E-state index in [4.69, 9.17) is 10.7 Å². The number of hydrogen-bond donors (Lipinski definition) is 1. The number of nitrogens with two attached hydrogens (primary N) is 1. The molecule has 1 aliphatic carbocycles. The van der Waals surface area contributed by atoms with E-state index >= 15 is 0 Å². The van der Waals surface area contributed by atoms with Gasteiger partial charge in [0.2, 0.25) is 5.91 Å². The first-order valence-electron chi connectivity index (χ1n) is 12.5. The van der Waals surface area contributed by atoms with E-state index < -0.39 is 23.0 Å². The van der Waals surface area contributed by atoms with Crippen molar-refractivity contribution in [2.45, 2.75) is 58.4 Å². The minimum absolute atomic E-state index is 0.0431. The van der Waals surface area contributed by atoms with Crippen molar-refractivity contribution in [1.29, 1.82) is 0 Å². The monoisotopic (exact) mass is 517 g/mol. The van der Waals surface area contributed by atoms with Crippen molar-refractivity contribution in [3.8, 4) is 22.6 Å². The zero-order valence-electron chi connectivity index (χ0n) is 21.7. The van der Waals surface area contributed by atoms with Gasteiger partial charge in [-0.2, -0.15) is 10.2 Å². The fourth-order valence-corrected chi connectivity index (χ4v) is 5.75. The molecule has 0 saturated heterocycles. The molecule has 3 heterocycles. The van der Waals surface area contributed by atoms with Gasteiger partial charge in [-0.1, -0.05) is 26.8 Å². The quantitative estimate of drug-likeness (QED) is 0.377. The number of carbonyl (C=O) groups excluding carboxylic acids is 1. The summed E-state index contributed by atoms with van der Waals surface area (Å²) in [5.41, 5.74) is 7.33. The lowest BCUT2D eigenvalue weighted by Gasteiger charge is -2.41. The Kier molecular flexibility index (Phi) is 6.28. The summed E-state index contributed by atoms with van der Waals surface area (Å²) in [4.78, 5) is 20.5. The third-order valence-electron chi connectivity index (χ3n) is 8.11. The number of amides is 1. The van der Waals surface area contributed by atoms with Crippen molar-refractivity contribution in [3.63, 3.8) is 0 Å². The topological polar surface area (TPSA) is 112 Å². The number of fused-ring (bicyclic) bond motifs is 1. The molecule has 0 unspecified atom stereocenters.